The van der Waals surface area contributed by atoms with E-state index in [2.05, 4.69) is 17.9 Å². The quantitative estimate of drug-likeness (QED) is 0.811. The molecule has 1 aromatic carbocycles. The van der Waals surface area contributed by atoms with E-state index in [1.165, 1.54) is 0 Å². The molecule has 1 fully saturated rings. The number of benzene rings is 1. The average Bonchev–Trinajstić information content (AvgIpc) is 2.38. The molecule has 1 aromatic rings. The van der Waals surface area contributed by atoms with Gasteiger partial charge in [-0.1, -0.05) is 0 Å². The van der Waals surface area contributed by atoms with Gasteiger partial charge in [-0.3, -0.25) is 0 Å². The summed E-state index contributed by atoms with van der Waals surface area (Å²) >= 11 is 0. The summed E-state index contributed by atoms with van der Waals surface area (Å²) in [5, 5.41) is 8.88. The van der Waals surface area contributed by atoms with Crippen LogP contribution in [-0.4, -0.2) is 25.8 Å². The summed E-state index contributed by atoms with van der Waals surface area (Å²) in [5.74, 6) is 0. The van der Waals surface area contributed by atoms with E-state index in [-0.39, 0.29) is 0 Å². The van der Waals surface area contributed by atoms with Crippen LogP contribution >= 0.6 is 0 Å². The molecule has 0 bridgehead atoms. The van der Waals surface area contributed by atoms with Gasteiger partial charge < -0.3 is 15.4 Å². The van der Waals surface area contributed by atoms with Gasteiger partial charge in [0.2, 0.25) is 0 Å². The second-order valence-electron chi connectivity index (χ2n) is 4.81. The minimum Gasteiger partial charge on any atom is -0.398 e. The van der Waals surface area contributed by atoms with Gasteiger partial charge in [-0.25, -0.2) is 0 Å². The highest BCUT2D eigenvalue weighted by Crippen LogP contribution is 2.28. The van der Waals surface area contributed by atoms with Crippen molar-refractivity contribution in [1.82, 2.24) is 0 Å². The SMILES string of the molecule is COC1CCN(c2ccc(C#N)c(N)c2)C(C)C1. The van der Waals surface area contributed by atoms with Crippen molar-refractivity contribution in [3.63, 3.8) is 0 Å². The minimum absolute atomic E-state index is 0.354. The minimum atomic E-state index is 0.354. The first-order valence-electron chi connectivity index (χ1n) is 6.24. The second kappa shape index (κ2) is 5.28. The van der Waals surface area contributed by atoms with Crippen molar-refractivity contribution >= 4 is 11.4 Å². The van der Waals surface area contributed by atoms with E-state index in [4.69, 9.17) is 15.7 Å². The second-order valence-corrected chi connectivity index (χ2v) is 4.81. The number of piperidine rings is 1. The molecule has 0 amide bonds. The number of hydrogen-bond donors (Lipinski definition) is 1. The van der Waals surface area contributed by atoms with Gasteiger partial charge in [0.15, 0.2) is 0 Å². The maximum atomic E-state index is 8.88. The number of nitrogens with zero attached hydrogens (tertiary/aromatic N) is 2. The van der Waals surface area contributed by atoms with Crippen molar-refractivity contribution in [2.75, 3.05) is 24.3 Å². The molecule has 2 atom stereocenters. The van der Waals surface area contributed by atoms with Crippen LogP contribution in [0.1, 0.15) is 25.3 Å². The Morgan fingerprint density at radius 3 is 2.83 bits per heavy atom. The molecule has 0 saturated carbocycles. The fourth-order valence-electron chi connectivity index (χ4n) is 2.56. The summed E-state index contributed by atoms with van der Waals surface area (Å²) in [7, 11) is 1.77. The standard InChI is InChI=1S/C14H19N3O/c1-10-7-13(18-2)5-6-17(10)12-4-3-11(9-15)14(16)8-12/h3-4,8,10,13H,5-7,16H2,1-2H3. The van der Waals surface area contributed by atoms with Crippen LogP contribution in [0.15, 0.2) is 18.2 Å². The van der Waals surface area contributed by atoms with Gasteiger partial charge in [0.05, 0.1) is 17.4 Å². The highest BCUT2D eigenvalue weighted by atomic mass is 16.5. The molecule has 4 heteroatoms. The summed E-state index contributed by atoms with van der Waals surface area (Å²) in [6, 6.07) is 8.17. The van der Waals surface area contributed by atoms with E-state index in [0.29, 0.717) is 23.4 Å². The molecule has 4 nitrogen and oxygen atoms in total. The van der Waals surface area contributed by atoms with Crippen LogP contribution in [0.3, 0.4) is 0 Å². The number of nitriles is 1. The Labute approximate surface area is 108 Å². The predicted molar refractivity (Wildman–Crippen MR) is 72.4 cm³/mol. The maximum Gasteiger partial charge on any atom is 0.101 e. The molecule has 0 radical (unpaired) electrons. The Hall–Kier alpha value is -1.73. The number of methoxy groups -OCH3 is 1. The highest BCUT2D eigenvalue weighted by molar-refractivity contribution is 5.64. The van der Waals surface area contributed by atoms with E-state index in [1.807, 2.05) is 12.1 Å². The molecule has 1 aliphatic rings. The zero-order valence-electron chi connectivity index (χ0n) is 10.9. The van der Waals surface area contributed by atoms with Crippen molar-refractivity contribution in [1.29, 1.82) is 5.26 Å². The van der Waals surface area contributed by atoms with E-state index < -0.39 is 0 Å². The van der Waals surface area contributed by atoms with Crippen molar-refractivity contribution in [2.45, 2.75) is 31.9 Å². The highest BCUT2D eigenvalue weighted by Gasteiger charge is 2.25. The zero-order valence-corrected chi connectivity index (χ0v) is 10.9. The lowest BCUT2D eigenvalue weighted by molar-refractivity contribution is 0.0721. The lowest BCUT2D eigenvalue weighted by Crippen LogP contribution is -2.43. The van der Waals surface area contributed by atoms with Gasteiger partial charge in [-0.05, 0) is 38.0 Å². The lowest BCUT2D eigenvalue weighted by Gasteiger charge is -2.38. The van der Waals surface area contributed by atoms with Crippen LogP contribution in [0.4, 0.5) is 11.4 Å². The van der Waals surface area contributed by atoms with E-state index >= 15 is 0 Å². The van der Waals surface area contributed by atoms with E-state index in [0.717, 1.165) is 25.1 Å². The molecule has 1 saturated heterocycles. The number of nitrogen functional groups attached to an aromatic ring is 1. The largest absolute Gasteiger partial charge is 0.398 e. The normalized spacial score (nSPS) is 23.7. The van der Waals surface area contributed by atoms with Crippen LogP contribution in [0.25, 0.3) is 0 Å². The van der Waals surface area contributed by atoms with Gasteiger partial charge in [0, 0.05) is 25.4 Å². The smallest absolute Gasteiger partial charge is 0.101 e. The van der Waals surface area contributed by atoms with Crippen LogP contribution in [0.2, 0.25) is 0 Å². The lowest BCUT2D eigenvalue weighted by atomic mass is 9.99. The summed E-state index contributed by atoms with van der Waals surface area (Å²) in [6.45, 7) is 3.16. The number of hydrogen-bond acceptors (Lipinski definition) is 4. The zero-order chi connectivity index (χ0) is 13.1. The molecule has 0 spiro atoms. The van der Waals surface area contributed by atoms with E-state index in [9.17, 15) is 0 Å². The third kappa shape index (κ3) is 2.41. The van der Waals surface area contributed by atoms with Crippen molar-refractivity contribution in [3.05, 3.63) is 23.8 Å². The Bertz CT molecular complexity index is 467. The summed E-state index contributed by atoms with van der Waals surface area (Å²) in [6.07, 6.45) is 2.41. The van der Waals surface area contributed by atoms with Crippen molar-refractivity contribution in [3.8, 4) is 6.07 Å². The van der Waals surface area contributed by atoms with Crippen LogP contribution in [-0.2, 0) is 4.74 Å². The molecular formula is C14H19N3O. The fraction of sp³-hybridized carbons (Fsp3) is 0.500. The first-order chi connectivity index (χ1) is 8.65. The third-order valence-corrected chi connectivity index (χ3v) is 3.65. The molecule has 18 heavy (non-hydrogen) atoms. The topological polar surface area (TPSA) is 62.3 Å². The third-order valence-electron chi connectivity index (χ3n) is 3.65. The molecular weight excluding hydrogens is 226 g/mol. The molecule has 2 N–H and O–H groups in total. The summed E-state index contributed by atoms with van der Waals surface area (Å²) in [4.78, 5) is 2.33. The summed E-state index contributed by atoms with van der Waals surface area (Å²) < 4.78 is 5.41. The van der Waals surface area contributed by atoms with Gasteiger partial charge in [0.25, 0.3) is 0 Å². The Balaban J connectivity index is 2.17. The first kappa shape index (κ1) is 12.7. The molecule has 0 aliphatic carbocycles. The molecule has 1 aliphatic heterocycles. The van der Waals surface area contributed by atoms with Crippen LogP contribution in [0, 0.1) is 11.3 Å². The monoisotopic (exact) mass is 245 g/mol. The maximum absolute atomic E-state index is 8.88. The average molecular weight is 245 g/mol. The first-order valence-corrected chi connectivity index (χ1v) is 6.24. The summed E-state index contributed by atoms with van der Waals surface area (Å²) in [5.41, 5.74) is 8.05. The molecule has 2 rings (SSSR count). The number of nitrogens with two attached hydrogens (primary N) is 1. The molecule has 0 aromatic heterocycles. The Morgan fingerprint density at radius 1 is 1.50 bits per heavy atom. The van der Waals surface area contributed by atoms with Crippen molar-refractivity contribution < 1.29 is 4.74 Å². The van der Waals surface area contributed by atoms with E-state index in [1.54, 1.807) is 13.2 Å². The molecule has 1 heterocycles. The van der Waals surface area contributed by atoms with Crippen LogP contribution in [0.5, 0.6) is 0 Å². The molecule has 2 unspecified atom stereocenters. The predicted octanol–water partition coefficient (Wildman–Crippen LogP) is 2.14. The van der Waals surface area contributed by atoms with Gasteiger partial charge in [-0.2, -0.15) is 5.26 Å². The van der Waals surface area contributed by atoms with Gasteiger partial charge in [0.1, 0.15) is 6.07 Å². The van der Waals surface area contributed by atoms with Gasteiger partial charge in [-0.15, -0.1) is 0 Å². The van der Waals surface area contributed by atoms with Crippen molar-refractivity contribution in [2.24, 2.45) is 0 Å². The van der Waals surface area contributed by atoms with Gasteiger partial charge >= 0.3 is 0 Å². The van der Waals surface area contributed by atoms with Crippen LogP contribution < -0.4 is 10.6 Å². The fourth-order valence-corrected chi connectivity index (χ4v) is 2.56. The molecule has 96 valence electrons. The Morgan fingerprint density at radius 2 is 2.28 bits per heavy atom. The Kier molecular flexibility index (Phi) is 3.73. The number of ether oxygens (including phenoxy) is 1. The number of rotatable bonds is 2. The number of anilines is 2.